The van der Waals surface area contributed by atoms with Gasteiger partial charge in [0.05, 0.1) is 10.9 Å². The van der Waals surface area contributed by atoms with Crippen LogP contribution in [0.5, 0.6) is 0 Å². The van der Waals surface area contributed by atoms with Gasteiger partial charge in [-0.05, 0) is 31.5 Å². The average molecular weight is 289 g/mol. The van der Waals surface area contributed by atoms with E-state index in [9.17, 15) is 0 Å². The van der Waals surface area contributed by atoms with E-state index >= 15 is 0 Å². The molecule has 0 spiro atoms. The zero-order chi connectivity index (χ0) is 12.8. The van der Waals surface area contributed by atoms with E-state index in [1.807, 2.05) is 6.07 Å². The molecule has 0 amide bonds. The third-order valence-corrected chi connectivity index (χ3v) is 4.57. The first-order chi connectivity index (χ1) is 8.79. The molecular formula is C13H21ClN2OS. The summed E-state index contributed by atoms with van der Waals surface area (Å²) in [5.41, 5.74) is 0. The molecule has 1 fully saturated rings. The third kappa shape index (κ3) is 4.21. The third-order valence-electron chi connectivity index (χ3n) is 3.35. The van der Waals surface area contributed by atoms with Gasteiger partial charge >= 0.3 is 0 Å². The lowest BCUT2D eigenvalue weighted by atomic mass is 10.2. The fourth-order valence-corrected chi connectivity index (χ4v) is 3.53. The Hall–Kier alpha value is -0.130. The molecule has 102 valence electrons. The first-order valence-electron chi connectivity index (χ1n) is 6.47. The van der Waals surface area contributed by atoms with Crippen molar-refractivity contribution in [2.24, 2.45) is 0 Å². The van der Waals surface area contributed by atoms with Crippen LogP contribution in [0.1, 0.15) is 17.7 Å². The van der Waals surface area contributed by atoms with E-state index in [1.54, 1.807) is 18.4 Å². The summed E-state index contributed by atoms with van der Waals surface area (Å²) in [6, 6.07) is 4.78. The SMILES string of the molecule is COCCNCC1CCCN1Cc1ccc(Cl)s1. The normalized spacial score (nSPS) is 20.7. The minimum absolute atomic E-state index is 0.655. The second-order valence-corrected chi connectivity index (χ2v) is 6.47. The number of thiophene rings is 1. The van der Waals surface area contributed by atoms with Crippen LogP contribution in [0.25, 0.3) is 0 Å². The van der Waals surface area contributed by atoms with Crippen LogP contribution in [0.15, 0.2) is 12.1 Å². The number of methoxy groups -OCH3 is 1. The zero-order valence-corrected chi connectivity index (χ0v) is 12.4. The maximum absolute atomic E-state index is 5.97. The van der Waals surface area contributed by atoms with E-state index in [-0.39, 0.29) is 0 Å². The summed E-state index contributed by atoms with van der Waals surface area (Å²) >= 11 is 7.67. The Morgan fingerprint density at radius 1 is 1.56 bits per heavy atom. The smallest absolute Gasteiger partial charge is 0.0931 e. The fourth-order valence-electron chi connectivity index (χ4n) is 2.41. The minimum atomic E-state index is 0.655. The molecule has 0 aliphatic carbocycles. The van der Waals surface area contributed by atoms with Crippen molar-refractivity contribution >= 4 is 22.9 Å². The Morgan fingerprint density at radius 2 is 2.44 bits per heavy atom. The van der Waals surface area contributed by atoms with Crippen LogP contribution in [0.3, 0.4) is 0 Å². The van der Waals surface area contributed by atoms with Gasteiger partial charge in [0.1, 0.15) is 0 Å². The molecule has 1 atom stereocenters. The number of nitrogens with zero attached hydrogens (tertiary/aromatic N) is 1. The lowest BCUT2D eigenvalue weighted by Gasteiger charge is -2.24. The maximum atomic E-state index is 5.97. The molecule has 3 nitrogen and oxygen atoms in total. The fraction of sp³-hybridized carbons (Fsp3) is 0.692. The van der Waals surface area contributed by atoms with E-state index in [4.69, 9.17) is 16.3 Å². The summed E-state index contributed by atoms with van der Waals surface area (Å²) < 4.78 is 5.93. The van der Waals surface area contributed by atoms with Gasteiger partial charge in [0.15, 0.2) is 0 Å². The van der Waals surface area contributed by atoms with Crippen molar-refractivity contribution in [1.82, 2.24) is 10.2 Å². The second-order valence-electron chi connectivity index (χ2n) is 4.67. The van der Waals surface area contributed by atoms with Gasteiger partial charge in [0.2, 0.25) is 0 Å². The maximum Gasteiger partial charge on any atom is 0.0931 e. The first-order valence-corrected chi connectivity index (χ1v) is 7.67. The van der Waals surface area contributed by atoms with Crippen molar-refractivity contribution in [3.8, 4) is 0 Å². The highest BCUT2D eigenvalue weighted by Crippen LogP contribution is 2.26. The Bertz CT molecular complexity index is 359. The van der Waals surface area contributed by atoms with Gasteiger partial charge in [-0.2, -0.15) is 0 Å². The second kappa shape index (κ2) is 7.46. The van der Waals surface area contributed by atoms with Gasteiger partial charge in [-0.1, -0.05) is 11.6 Å². The van der Waals surface area contributed by atoms with Gasteiger partial charge in [-0.15, -0.1) is 11.3 Å². The van der Waals surface area contributed by atoms with Crippen LogP contribution in [-0.4, -0.2) is 44.3 Å². The predicted molar refractivity (Wildman–Crippen MR) is 77.5 cm³/mol. The van der Waals surface area contributed by atoms with E-state index in [1.165, 1.54) is 24.3 Å². The number of rotatable bonds is 7. The highest BCUT2D eigenvalue weighted by molar-refractivity contribution is 7.16. The molecule has 18 heavy (non-hydrogen) atoms. The van der Waals surface area contributed by atoms with Crippen LogP contribution >= 0.6 is 22.9 Å². The molecule has 5 heteroatoms. The highest BCUT2D eigenvalue weighted by atomic mass is 35.5. The Balaban J connectivity index is 1.76. The van der Waals surface area contributed by atoms with Gasteiger partial charge in [-0.3, -0.25) is 4.90 Å². The summed E-state index contributed by atoms with van der Waals surface area (Å²) in [4.78, 5) is 3.92. The summed E-state index contributed by atoms with van der Waals surface area (Å²) in [5.74, 6) is 0. The predicted octanol–water partition coefficient (Wildman–Crippen LogP) is 2.60. The number of halogens is 1. The molecule has 1 N–H and O–H groups in total. The standard InChI is InChI=1S/C13H21ClN2OS/c1-17-8-6-15-9-11-3-2-7-16(11)10-12-4-5-13(14)18-12/h4-5,11,15H,2-3,6-10H2,1H3. The van der Waals surface area contributed by atoms with Crippen molar-refractivity contribution in [2.45, 2.75) is 25.4 Å². The molecule has 0 saturated carbocycles. The molecule has 2 heterocycles. The molecule has 1 aliphatic rings. The van der Waals surface area contributed by atoms with Crippen molar-refractivity contribution in [1.29, 1.82) is 0 Å². The highest BCUT2D eigenvalue weighted by Gasteiger charge is 2.24. The minimum Gasteiger partial charge on any atom is -0.383 e. The zero-order valence-electron chi connectivity index (χ0n) is 10.8. The number of likely N-dealkylation sites (tertiary alicyclic amines) is 1. The average Bonchev–Trinajstić information content (AvgIpc) is 2.95. The van der Waals surface area contributed by atoms with Crippen LogP contribution in [-0.2, 0) is 11.3 Å². The molecular weight excluding hydrogens is 268 g/mol. The molecule has 0 bridgehead atoms. The van der Waals surface area contributed by atoms with Crippen molar-refractivity contribution in [3.63, 3.8) is 0 Å². The first kappa shape index (κ1) is 14.3. The summed E-state index contributed by atoms with van der Waals surface area (Å²) in [6.07, 6.45) is 2.59. The van der Waals surface area contributed by atoms with Gasteiger partial charge in [0.25, 0.3) is 0 Å². The van der Waals surface area contributed by atoms with Crippen molar-refractivity contribution < 1.29 is 4.74 Å². The monoisotopic (exact) mass is 288 g/mol. The number of nitrogens with one attached hydrogen (secondary N) is 1. The lowest BCUT2D eigenvalue weighted by molar-refractivity contribution is 0.191. The van der Waals surface area contributed by atoms with Gasteiger partial charge < -0.3 is 10.1 Å². The van der Waals surface area contributed by atoms with Crippen LogP contribution in [0, 0.1) is 0 Å². The summed E-state index contributed by atoms with van der Waals surface area (Å²) in [7, 11) is 1.74. The summed E-state index contributed by atoms with van der Waals surface area (Å²) in [6.45, 7) is 5.02. The van der Waals surface area contributed by atoms with Gasteiger partial charge in [0, 0.05) is 37.7 Å². The largest absolute Gasteiger partial charge is 0.383 e. The Kier molecular flexibility index (Phi) is 5.92. The number of hydrogen-bond acceptors (Lipinski definition) is 4. The van der Waals surface area contributed by atoms with Crippen molar-refractivity contribution in [2.75, 3.05) is 33.4 Å². The number of ether oxygens (including phenoxy) is 1. The number of hydrogen-bond donors (Lipinski definition) is 1. The summed E-state index contributed by atoms with van der Waals surface area (Å²) in [5, 5.41) is 3.46. The lowest BCUT2D eigenvalue weighted by Crippen LogP contribution is -2.38. The molecule has 2 rings (SSSR count). The molecule has 1 aromatic rings. The molecule has 1 aromatic heterocycles. The molecule has 1 saturated heterocycles. The quantitative estimate of drug-likeness (QED) is 0.781. The van der Waals surface area contributed by atoms with E-state index < -0.39 is 0 Å². The van der Waals surface area contributed by atoms with E-state index in [0.29, 0.717) is 6.04 Å². The molecule has 1 aliphatic heterocycles. The Labute approximate surface area is 118 Å². The van der Waals surface area contributed by atoms with E-state index in [0.717, 1.165) is 30.6 Å². The van der Waals surface area contributed by atoms with Crippen LogP contribution < -0.4 is 5.32 Å². The van der Waals surface area contributed by atoms with Crippen LogP contribution in [0.4, 0.5) is 0 Å². The topological polar surface area (TPSA) is 24.5 Å². The van der Waals surface area contributed by atoms with Gasteiger partial charge in [-0.25, -0.2) is 0 Å². The Morgan fingerprint density at radius 3 is 3.17 bits per heavy atom. The molecule has 0 radical (unpaired) electrons. The van der Waals surface area contributed by atoms with E-state index in [2.05, 4.69) is 16.3 Å². The van der Waals surface area contributed by atoms with Crippen LogP contribution in [0.2, 0.25) is 4.34 Å². The molecule has 0 aromatic carbocycles. The van der Waals surface area contributed by atoms with Crippen molar-refractivity contribution in [3.05, 3.63) is 21.3 Å². The molecule has 1 unspecified atom stereocenters.